The molecule has 0 spiro atoms. The van der Waals surface area contributed by atoms with Crippen LogP contribution >= 0.6 is 0 Å². The molecule has 0 aliphatic rings. The molecule has 2 aromatic rings. The first-order valence-electron chi connectivity index (χ1n) is 7.54. The van der Waals surface area contributed by atoms with Crippen LogP contribution in [-0.4, -0.2) is 26.2 Å². The summed E-state index contributed by atoms with van der Waals surface area (Å²) in [5.41, 5.74) is 0.796. The van der Waals surface area contributed by atoms with Crippen molar-refractivity contribution in [2.45, 2.75) is 13.2 Å². The molecule has 27 heavy (non-hydrogen) atoms. The van der Waals surface area contributed by atoms with Crippen LogP contribution in [0.5, 0.6) is 17.2 Å². The standard InChI is InChI=1S/C18H15F4NO4/c1-25-14-8-5-12(10-15(14)27-18(21)22)23-16(24)9-4-11-2-6-13(7-3-11)26-17(19)20/h2-10,17-18H,1H3,(H,23,24)/b9-4+. The van der Waals surface area contributed by atoms with E-state index in [0.717, 1.165) is 0 Å². The Hall–Kier alpha value is -3.23. The third kappa shape index (κ3) is 6.53. The van der Waals surface area contributed by atoms with Crippen molar-refractivity contribution >= 4 is 17.7 Å². The van der Waals surface area contributed by atoms with Gasteiger partial charge >= 0.3 is 13.2 Å². The van der Waals surface area contributed by atoms with Gasteiger partial charge in [0.15, 0.2) is 11.5 Å². The van der Waals surface area contributed by atoms with E-state index in [1.165, 1.54) is 61.7 Å². The summed E-state index contributed by atoms with van der Waals surface area (Å²) in [4.78, 5) is 11.9. The second kappa shape index (κ2) is 9.46. The highest BCUT2D eigenvalue weighted by molar-refractivity contribution is 6.02. The van der Waals surface area contributed by atoms with Crippen LogP contribution in [0.3, 0.4) is 0 Å². The summed E-state index contributed by atoms with van der Waals surface area (Å²) < 4.78 is 62.4. The van der Waals surface area contributed by atoms with Gasteiger partial charge in [0, 0.05) is 17.8 Å². The SMILES string of the molecule is COc1ccc(NC(=O)/C=C/c2ccc(OC(F)F)cc2)cc1OC(F)F. The maximum absolute atomic E-state index is 12.4. The molecule has 0 aliphatic heterocycles. The van der Waals surface area contributed by atoms with Gasteiger partial charge in [0.1, 0.15) is 5.75 Å². The van der Waals surface area contributed by atoms with E-state index in [9.17, 15) is 22.4 Å². The minimum atomic E-state index is -3.04. The molecule has 2 aromatic carbocycles. The van der Waals surface area contributed by atoms with E-state index < -0.39 is 19.1 Å². The Morgan fingerprint density at radius 1 is 0.963 bits per heavy atom. The smallest absolute Gasteiger partial charge is 0.387 e. The summed E-state index contributed by atoms with van der Waals surface area (Å²) in [6.45, 7) is -5.96. The summed E-state index contributed by atoms with van der Waals surface area (Å²) in [5, 5.41) is 2.48. The Morgan fingerprint density at radius 2 is 1.63 bits per heavy atom. The highest BCUT2D eigenvalue weighted by Crippen LogP contribution is 2.31. The predicted molar refractivity (Wildman–Crippen MR) is 90.4 cm³/mol. The fourth-order valence-electron chi connectivity index (χ4n) is 2.06. The van der Waals surface area contributed by atoms with E-state index >= 15 is 0 Å². The van der Waals surface area contributed by atoms with Crippen molar-refractivity contribution in [2.75, 3.05) is 12.4 Å². The first-order valence-corrected chi connectivity index (χ1v) is 7.54. The van der Waals surface area contributed by atoms with E-state index in [1.807, 2.05) is 0 Å². The molecular weight excluding hydrogens is 370 g/mol. The number of anilines is 1. The molecule has 0 fully saturated rings. The van der Waals surface area contributed by atoms with Crippen molar-refractivity contribution in [1.29, 1.82) is 0 Å². The Balaban J connectivity index is 2.01. The maximum atomic E-state index is 12.4. The van der Waals surface area contributed by atoms with Crippen molar-refractivity contribution < 1.29 is 36.6 Å². The van der Waals surface area contributed by atoms with Gasteiger partial charge in [0.25, 0.3) is 0 Å². The summed E-state index contributed by atoms with van der Waals surface area (Å²) in [6.07, 6.45) is 2.64. The molecule has 0 saturated heterocycles. The summed E-state index contributed by atoms with van der Waals surface area (Å²) >= 11 is 0. The number of ether oxygens (including phenoxy) is 3. The number of amides is 1. The van der Waals surface area contributed by atoms with Crippen molar-refractivity contribution in [2.24, 2.45) is 0 Å². The van der Waals surface area contributed by atoms with E-state index in [2.05, 4.69) is 14.8 Å². The lowest BCUT2D eigenvalue weighted by Crippen LogP contribution is -2.09. The molecule has 1 amide bonds. The predicted octanol–water partition coefficient (Wildman–Crippen LogP) is 4.55. The highest BCUT2D eigenvalue weighted by Gasteiger charge is 2.12. The molecule has 1 N–H and O–H groups in total. The van der Waals surface area contributed by atoms with Crippen molar-refractivity contribution in [3.8, 4) is 17.2 Å². The van der Waals surface area contributed by atoms with Crippen LogP contribution in [0.4, 0.5) is 23.2 Å². The van der Waals surface area contributed by atoms with Gasteiger partial charge in [-0.05, 0) is 35.9 Å². The maximum Gasteiger partial charge on any atom is 0.387 e. The number of alkyl halides is 4. The molecule has 0 aromatic heterocycles. The van der Waals surface area contributed by atoms with Gasteiger partial charge in [0.2, 0.25) is 5.91 Å². The molecular formula is C18H15F4NO4. The van der Waals surface area contributed by atoms with Gasteiger partial charge in [-0.2, -0.15) is 17.6 Å². The normalized spacial score (nSPS) is 11.1. The van der Waals surface area contributed by atoms with Gasteiger partial charge < -0.3 is 19.5 Å². The Labute approximate surface area is 152 Å². The lowest BCUT2D eigenvalue weighted by atomic mass is 10.2. The number of rotatable bonds is 8. The molecule has 0 atom stereocenters. The summed E-state index contributed by atoms with van der Waals surface area (Å²) in [6, 6.07) is 9.68. The van der Waals surface area contributed by atoms with Crippen molar-refractivity contribution in [3.05, 3.63) is 54.1 Å². The molecule has 9 heteroatoms. The number of halogens is 4. The van der Waals surface area contributed by atoms with Crippen LogP contribution in [-0.2, 0) is 4.79 Å². The van der Waals surface area contributed by atoms with Crippen LogP contribution in [0.15, 0.2) is 48.5 Å². The third-order valence-electron chi connectivity index (χ3n) is 3.18. The van der Waals surface area contributed by atoms with E-state index in [0.29, 0.717) is 5.56 Å². The molecule has 0 heterocycles. The number of hydrogen-bond acceptors (Lipinski definition) is 4. The van der Waals surface area contributed by atoms with Crippen LogP contribution in [0.2, 0.25) is 0 Å². The Bertz CT molecular complexity index is 794. The molecule has 0 unspecified atom stereocenters. The van der Waals surface area contributed by atoms with Gasteiger partial charge in [0.05, 0.1) is 7.11 Å². The zero-order valence-electron chi connectivity index (χ0n) is 14.0. The van der Waals surface area contributed by atoms with Crippen LogP contribution in [0, 0.1) is 0 Å². The molecule has 0 bridgehead atoms. The summed E-state index contributed by atoms with van der Waals surface area (Å²) in [5.74, 6) is -0.661. The lowest BCUT2D eigenvalue weighted by molar-refractivity contribution is -0.111. The van der Waals surface area contributed by atoms with E-state index in [4.69, 9.17) is 4.74 Å². The Morgan fingerprint density at radius 3 is 2.22 bits per heavy atom. The molecule has 0 saturated carbocycles. The number of hydrogen-bond donors (Lipinski definition) is 1. The average molecular weight is 385 g/mol. The zero-order chi connectivity index (χ0) is 19.8. The zero-order valence-corrected chi connectivity index (χ0v) is 14.0. The highest BCUT2D eigenvalue weighted by atomic mass is 19.3. The second-order valence-electron chi connectivity index (χ2n) is 5.01. The van der Waals surface area contributed by atoms with Gasteiger partial charge in [-0.3, -0.25) is 4.79 Å². The first kappa shape index (κ1) is 20.1. The fraction of sp³-hybridized carbons (Fsp3) is 0.167. The van der Waals surface area contributed by atoms with Gasteiger partial charge in [-0.15, -0.1) is 0 Å². The van der Waals surface area contributed by atoms with Gasteiger partial charge in [-0.25, -0.2) is 0 Å². The van der Waals surface area contributed by atoms with Crippen molar-refractivity contribution in [1.82, 2.24) is 0 Å². The molecule has 2 rings (SSSR count). The minimum absolute atomic E-state index is 0.00334. The Kier molecular flexibility index (Phi) is 7.04. The minimum Gasteiger partial charge on any atom is -0.493 e. The number of carbonyl (C=O) groups is 1. The molecule has 144 valence electrons. The van der Waals surface area contributed by atoms with Gasteiger partial charge in [-0.1, -0.05) is 12.1 Å². The number of nitrogens with one attached hydrogen (secondary N) is 1. The number of benzene rings is 2. The number of methoxy groups -OCH3 is 1. The monoisotopic (exact) mass is 385 g/mol. The topological polar surface area (TPSA) is 56.8 Å². The fourth-order valence-corrected chi connectivity index (χ4v) is 2.06. The van der Waals surface area contributed by atoms with Crippen molar-refractivity contribution in [3.63, 3.8) is 0 Å². The largest absolute Gasteiger partial charge is 0.493 e. The number of carbonyl (C=O) groups excluding carboxylic acids is 1. The second-order valence-corrected chi connectivity index (χ2v) is 5.01. The molecule has 5 nitrogen and oxygen atoms in total. The average Bonchev–Trinajstić information content (AvgIpc) is 2.60. The van der Waals surface area contributed by atoms with Crippen LogP contribution in [0.25, 0.3) is 6.08 Å². The van der Waals surface area contributed by atoms with Crippen LogP contribution < -0.4 is 19.5 Å². The molecule has 0 aliphatic carbocycles. The quantitative estimate of drug-likeness (QED) is 0.535. The first-order chi connectivity index (χ1) is 12.9. The summed E-state index contributed by atoms with van der Waals surface area (Å²) in [7, 11) is 1.30. The van der Waals surface area contributed by atoms with E-state index in [1.54, 1.807) is 0 Å². The lowest BCUT2D eigenvalue weighted by Gasteiger charge is -2.11. The third-order valence-corrected chi connectivity index (χ3v) is 3.18. The molecule has 0 radical (unpaired) electrons. The van der Waals surface area contributed by atoms with Crippen LogP contribution in [0.1, 0.15) is 5.56 Å². The van der Waals surface area contributed by atoms with E-state index in [-0.39, 0.29) is 22.9 Å².